The molecule has 5 unspecified atom stereocenters. The molecule has 0 aromatic heterocycles. The Morgan fingerprint density at radius 3 is 2.54 bits per heavy atom. The molecule has 152 valence electrons. The zero-order valence-corrected chi connectivity index (χ0v) is 19.7. The van der Waals surface area contributed by atoms with Crippen LogP contribution in [0.5, 0.6) is 0 Å². The second-order valence-corrected chi connectivity index (χ2v) is 11.4. The number of hydrogen-bond acceptors (Lipinski definition) is 0. The minimum absolute atomic E-state index is 0.305. The first-order chi connectivity index (χ1) is 12.2. The second-order valence-electron chi connectivity index (χ2n) is 9.87. The maximum absolute atomic E-state index is 4.09. The van der Waals surface area contributed by atoms with E-state index in [1.54, 1.807) is 5.57 Å². The van der Waals surface area contributed by atoms with Crippen molar-refractivity contribution < 1.29 is 0 Å². The fourth-order valence-electron chi connectivity index (χ4n) is 4.36. The lowest BCUT2D eigenvalue weighted by atomic mass is 9.81. The van der Waals surface area contributed by atoms with Gasteiger partial charge in [0.2, 0.25) is 0 Å². The van der Waals surface area contributed by atoms with Crippen LogP contribution in [0.25, 0.3) is 0 Å². The molecule has 26 heavy (non-hydrogen) atoms. The third kappa shape index (κ3) is 9.73. The topological polar surface area (TPSA) is 0 Å². The van der Waals surface area contributed by atoms with Gasteiger partial charge >= 0.3 is 0 Å². The van der Waals surface area contributed by atoms with Gasteiger partial charge in [0.25, 0.3) is 0 Å². The molecule has 5 atom stereocenters. The van der Waals surface area contributed by atoms with Crippen LogP contribution in [0.2, 0.25) is 0 Å². The van der Waals surface area contributed by atoms with Gasteiger partial charge < -0.3 is 0 Å². The van der Waals surface area contributed by atoms with Gasteiger partial charge in [-0.15, -0.1) is 15.8 Å². The van der Waals surface area contributed by atoms with E-state index in [-0.39, 0.29) is 0 Å². The Labute approximate surface area is 167 Å². The van der Waals surface area contributed by atoms with Gasteiger partial charge in [-0.1, -0.05) is 77.5 Å². The van der Waals surface area contributed by atoms with Gasteiger partial charge in [-0.25, -0.2) is 0 Å². The molecule has 0 spiro atoms. The molecular weight excluding hydrogens is 331 g/mol. The summed E-state index contributed by atoms with van der Waals surface area (Å²) in [4.78, 5) is 0. The molecule has 0 saturated carbocycles. The molecule has 0 aliphatic heterocycles. The molecular formula is C25H47P. The lowest BCUT2D eigenvalue weighted by Gasteiger charge is -2.32. The normalized spacial score (nSPS) is 22.2. The van der Waals surface area contributed by atoms with Crippen molar-refractivity contribution in [3.05, 3.63) is 24.3 Å². The molecule has 0 N–H and O–H groups in total. The molecule has 0 saturated heterocycles. The highest BCUT2D eigenvalue weighted by molar-refractivity contribution is 7.18. The van der Waals surface area contributed by atoms with Gasteiger partial charge in [-0.3, -0.25) is 0 Å². The number of allylic oxidation sites excluding steroid dienone is 3. The van der Waals surface area contributed by atoms with Crippen LogP contribution in [-0.2, 0) is 0 Å². The van der Waals surface area contributed by atoms with E-state index in [1.165, 1.54) is 70.6 Å². The van der Waals surface area contributed by atoms with Gasteiger partial charge in [-0.05, 0) is 74.3 Å². The van der Waals surface area contributed by atoms with Crippen molar-refractivity contribution in [1.29, 1.82) is 0 Å². The van der Waals surface area contributed by atoms with Crippen LogP contribution in [0, 0.1) is 23.7 Å². The quantitative estimate of drug-likeness (QED) is 0.181. The minimum atomic E-state index is 0.305. The molecule has 1 aliphatic carbocycles. The molecule has 0 fully saturated rings. The summed E-state index contributed by atoms with van der Waals surface area (Å²) in [5, 5.41) is 0.305. The van der Waals surface area contributed by atoms with Crippen molar-refractivity contribution in [2.75, 3.05) is 0 Å². The Balaban J connectivity index is 2.14. The molecule has 0 aromatic rings. The van der Waals surface area contributed by atoms with Crippen molar-refractivity contribution in [3.8, 4) is 0 Å². The summed E-state index contributed by atoms with van der Waals surface area (Å²) in [6, 6.07) is 0. The summed E-state index contributed by atoms with van der Waals surface area (Å²) < 4.78 is 0. The SMILES string of the molecule is C=CC(CCCCCC(C)CCC1CC=C(C)CCC1)C(C)C(C)(C)P. The van der Waals surface area contributed by atoms with Crippen LogP contribution in [-0.4, -0.2) is 5.16 Å². The largest absolute Gasteiger partial charge is 0.131 e. The van der Waals surface area contributed by atoms with Crippen molar-refractivity contribution in [2.24, 2.45) is 23.7 Å². The highest BCUT2D eigenvalue weighted by Crippen LogP contribution is 2.35. The van der Waals surface area contributed by atoms with E-state index in [9.17, 15) is 0 Å². The van der Waals surface area contributed by atoms with Crippen LogP contribution < -0.4 is 0 Å². The maximum atomic E-state index is 4.09. The van der Waals surface area contributed by atoms with Gasteiger partial charge in [-0.2, -0.15) is 0 Å². The third-order valence-corrected chi connectivity index (χ3v) is 7.43. The Bertz CT molecular complexity index is 414. The molecule has 0 radical (unpaired) electrons. The van der Waals surface area contributed by atoms with Gasteiger partial charge in [0.15, 0.2) is 0 Å². The molecule has 1 rings (SSSR count). The monoisotopic (exact) mass is 378 g/mol. The van der Waals surface area contributed by atoms with Gasteiger partial charge in [0.1, 0.15) is 0 Å². The highest BCUT2D eigenvalue weighted by atomic mass is 31.0. The Morgan fingerprint density at radius 2 is 1.88 bits per heavy atom. The van der Waals surface area contributed by atoms with Crippen LogP contribution in [0.1, 0.15) is 105 Å². The summed E-state index contributed by atoms with van der Waals surface area (Å²) in [7, 11) is 3.02. The fraction of sp³-hybridized carbons (Fsp3) is 0.840. The van der Waals surface area contributed by atoms with E-state index in [1.807, 2.05) is 0 Å². The average Bonchev–Trinajstić information content (AvgIpc) is 2.79. The predicted molar refractivity (Wildman–Crippen MR) is 124 cm³/mol. The molecule has 0 nitrogen and oxygen atoms in total. The molecule has 1 aliphatic rings. The minimum Gasteiger partial charge on any atom is -0.131 e. The smallest absolute Gasteiger partial charge is 0.0175 e. The first kappa shape index (κ1) is 23.9. The number of hydrogen-bond donors (Lipinski definition) is 0. The lowest BCUT2D eigenvalue weighted by Crippen LogP contribution is -2.27. The zero-order valence-electron chi connectivity index (χ0n) is 18.5. The lowest BCUT2D eigenvalue weighted by molar-refractivity contribution is 0.325. The van der Waals surface area contributed by atoms with Crippen LogP contribution >= 0.6 is 9.24 Å². The van der Waals surface area contributed by atoms with Gasteiger partial charge in [0.05, 0.1) is 0 Å². The molecule has 0 heterocycles. The number of rotatable bonds is 12. The summed E-state index contributed by atoms with van der Waals surface area (Å²) in [5.74, 6) is 3.20. The van der Waals surface area contributed by atoms with Crippen molar-refractivity contribution in [3.63, 3.8) is 0 Å². The van der Waals surface area contributed by atoms with Crippen molar-refractivity contribution in [2.45, 2.75) is 110 Å². The van der Waals surface area contributed by atoms with Crippen molar-refractivity contribution >= 4 is 9.24 Å². The molecule has 0 amide bonds. The molecule has 1 heteroatoms. The van der Waals surface area contributed by atoms with E-state index in [2.05, 4.69) is 62.6 Å². The standard InChI is InChI=1S/C25H47P/c1-7-24(22(4)25(5,6)26)15-10-8-9-12-20(2)16-18-23-14-11-13-21(3)17-19-23/h7,17,20,22-24H,1,8-16,18-19,26H2,2-6H3. The first-order valence-electron chi connectivity index (χ1n) is 11.3. The maximum Gasteiger partial charge on any atom is -0.0175 e. The van der Waals surface area contributed by atoms with Crippen molar-refractivity contribution in [1.82, 2.24) is 0 Å². The van der Waals surface area contributed by atoms with Gasteiger partial charge in [0, 0.05) is 0 Å². The van der Waals surface area contributed by atoms with E-state index >= 15 is 0 Å². The zero-order chi connectivity index (χ0) is 19.6. The molecule has 0 aromatic carbocycles. The summed E-state index contributed by atoms with van der Waals surface area (Å²) in [6.07, 6.45) is 20.0. The van der Waals surface area contributed by atoms with E-state index in [0.29, 0.717) is 17.0 Å². The van der Waals surface area contributed by atoms with Crippen LogP contribution in [0.3, 0.4) is 0 Å². The summed E-state index contributed by atoms with van der Waals surface area (Å²) in [6.45, 7) is 15.9. The predicted octanol–water partition coefficient (Wildman–Crippen LogP) is 8.58. The average molecular weight is 379 g/mol. The van der Waals surface area contributed by atoms with E-state index < -0.39 is 0 Å². The van der Waals surface area contributed by atoms with E-state index in [0.717, 1.165) is 11.8 Å². The van der Waals surface area contributed by atoms with Crippen LogP contribution in [0.4, 0.5) is 0 Å². The number of unbranched alkanes of at least 4 members (excludes halogenated alkanes) is 2. The Morgan fingerprint density at radius 1 is 1.19 bits per heavy atom. The third-order valence-electron chi connectivity index (χ3n) is 6.90. The van der Waals surface area contributed by atoms with E-state index in [4.69, 9.17) is 0 Å². The second kappa shape index (κ2) is 12.4. The first-order valence-corrected chi connectivity index (χ1v) is 11.9. The summed E-state index contributed by atoms with van der Waals surface area (Å²) >= 11 is 0. The van der Waals surface area contributed by atoms with Crippen LogP contribution in [0.15, 0.2) is 24.3 Å². The molecule has 0 bridgehead atoms. The highest BCUT2D eigenvalue weighted by Gasteiger charge is 2.26. The fourth-order valence-corrected chi connectivity index (χ4v) is 4.60. The summed E-state index contributed by atoms with van der Waals surface area (Å²) in [5.41, 5.74) is 1.62. The Hall–Kier alpha value is -0.0900. The Kier molecular flexibility index (Phi) is 11.4.